The highest BCUT2D eigenvalue weighted by molar-refractivity contribution is 7.89. The lowest BCUT2D eigenvalue weighted by Crippen LogP contribution is -2.19. The van der Waals surface area contributed by atoms with Crippen molar-refractivity contribution in [2.45, 2.75) is 32.2 Å². The van der Waals surface area contributed by atoms with E-state index in [1.54, 1.807) is 0 Å². The van der Waals surface area contributed by atoms with E-state index in [2.05, 4.69) is 30.7 Å². The molecule has 1 N–H and O–H groups in total. The zero-order valence-corrected chi connectivity index (χ0v) is 10.4. The molecule has 88 valence electrons. The van der Waals surface area contributed by atoms with E-state index in [1.165, 1.54) is 5.56 Å². The van der Waals surface area contributed by atoms with Gasteiger partial charge in [0, 0.05) is 6.04 Å². The number of nitrogens with one attached hydrogen (secondary N) is 1. The van der Waals surface area contributed by atoms with E-state index in [1.807, 2.05) is 12.1 Å². The summed E-state index contributed by atoms with van der Waals surface area (Å²) in [7, 11) is -3.02. The Morgan fingerprint density at radius 3 is 2.31 bits per heavy atom. The van der Waals surface area contributed by atoms with Crippen LogP contribution in [0.4, 0.5) is 0 Å². The predicted molar refractivity (Wildman–Crippen MR) is 64.8 cm³/mol. The first-order valence-corrected chi connectivity index (χ1v) is 7.23. The van der Waals surface area contributed by atoms with Crippen molar-refractivity contribution in [2.75, 3.05) is 5.75 Å². The van der Waals surface area contributed by atoms with Crippen molar-refractivity contribution in [3.05, 3.63) is 35.4 Å². The Kier molecular flexibility index (Phi) is 3.04. The second kappa shape index (κ2) is 4.18. The lowest BCUT2D eigenvalue weighted by Gasteiger charge is -2.11. The highest BCUT2D eigenvalue weighted by atomic mass is 32.2. The first kappa shape index (κ1) is 11.6. The average Bonchev–Trinajstić information content (AvgIpc) is 2.59. The highest BCUT2D eigenvalue weighted by Crippen LogP contribution is 2.25. The summed E-state index contributed by atoms with van der Waals surface area (Å²) in [6, 6.07) is 8.16. The fraction of sp³-hybridized carbons (Fsp3) is 0.500. The maximum atomic E-state index is 11.3. The second-order valence-corrected chi connectivity index (χ2v) is 6.47. The van der Waals surface area contributed by atoms with Gasteiger partial charge < -0.3 is 0 Å². The van der Waals surface area contributed by atoms with Crippen molar-refractivity contribution in [3.8, 4) is 0 Å². The molecule has 0 bridgehead atoms. The normalized spacial score (nSPS) is 23.8. The number of hydrogen-bond acceptors (Lipinski definition) is 2. The minimum absolute atomic E-state index is 0.0359. The van der Waals surface area contributed by atoms with E-state index in [-0.39, 0.29) is 11.8 Å². The highest BCUT2D eigenvalue weighted by Gasteiger charge is 2.27. The summed E-state index contributed by atoms with van der Waals surface area (Å²) in [5, 5.41) is 0. The third-order valence-corrected chi connectivity index (χ3v) is 4.42. The van der Waals surface area contributed by atoms with E-state index in [4.69, 9.17) is 0 Å². The molecule has 4 heteroatoms. The summed E-state index contributed by atoms with van der Waals surface area (Å²) in [5.74, 6) is 0.748. The molecule has 1 fully saturated rings. The van der Waals surface area contributed by atoms with Crippen LogP contribution in [0.3, 0.4) is 0 Å². The van der Waals surface area contributed by atoms with Gasteiger partial charge in [-0.15, -0.1) is 0 Å². The maximum absolute atomic E-state index is 11.3. The van der Waals surface area contributed by atoms with Crippen LogP contribution in [0, 0.1) is 0 Å². The van der Waals surface area contributed by atoms with Crippen molar-refractivity contribution >= 4 is 10.0 Å². The van der Waals surface area contributed by atoms with Gasteiger partial charge in [-0.1, -0.05) is 38.1 Å². The monoisotopic (exact) mass is 239 g/mol. The summed E-state index contributed by atoms with van der Waals surface area (Å²) in [6.07, 6.45) is 0.670. The van der Waals surface area contributed by atoms with Crippen LogP contribution >= 0.6 is 0 Å². The van der Waals surface area contributed by atoms with Crippen LogP contribution in [-0.4, -0.2) is 14.2 Å². The first-order valence-electron chi connectivity index (χ1n) is 5.58. The van der Waals surface area contributed by atoms with E-state index in [0.717, 1.165) is 5.56 Å². The van der Waals surface area contributed by atoms with Gasteiger partial charge in [-0.05, 0) is 23.5 Å². The van der Waals surface area contributed by atoms with Gasteiger partial charge in [0.1, 0.15) is 0 Å². The van der Waals surface area contributed by atoms with Crippen molar-refractivity contribution in [1.29, 1.82) is 0 Å². The second-order valence-electron chi connectivity index (χ2n) is 4.60. The fourth-order valence-corrected chi connectivity index (χ4v) is 3.31. The lowest BCUT2D eigenvalue weighted by molar-refractivity contribution is 0.586. The van der Waals surface area contributed by atoms with Gasteiger partial charge in [-0.3, -0.25) is 0 Å². The lowest BCUT2D eigenvalue weighted by atomic mass is 9.98. The Hall–Kier alpha value is -0.870. The van der Waals surface area contributed by atoms with Crippen LogP contribution in [0.5, 0.6) is 0 Å². The number of sulfonamides is 1. The van der Waals surface area contributed by atoms with E-state index < -0.39 is 10.0 Å². The Labute approximate surface area is 96.9 Å². The van der Waals surface area contributed by atoms with Gasteiger partial charge in [0.15, 0.2) is 0 Å². The maximum Gasteiger partial charge on any atom is 0.212 e. The Morgan fingerprint density at radius 1 is 1.25 bits per heavy atom. The van der Waals surface area contributed by atoms with Crippen molar-refractivity contribution in [3.63, 3.8) is 0 Å². The number of hydrogen-bond donors (Lipinski definition) is 1. The Morgan fingerprint density at radius 2 is 1.88 bits per heavy atom. The summed E-state index contributed by atoms with van der Waals surface area (Å²) in [4.78, 5) is 0. The first-order chi connectivity index (χ1) is 7.48. The van der Waals surface area contributed by atoms with Gasteiger partial charge in [-0.2, -0.15) is 0 Å². The van der Waals surface area contributed by atoms with E-state index in [0.29, 0.717) is 12.3 Å². The third-order valence-electron chi connectivity index (χ3n) is 3.00. The summed E-state index contributed by atoms with van der Waals surface area (Å²) >= 11 is 0. The van der Waals surface area contributed by atoms with Crippen LogP contribution in [0.1, 0.15) is 43.4 Å². The molecule has 2 rings (SSSR count). The molecule has 1 aromatic carbocycles. The molecular weight excluding hydrogens is 222 g/mol. The van der Waals surface area contributed by atoms with Gasteiger partial charge >= 0.3 is 0 Å². The van der Waals surface area contributed by atoms with Gasteiger partial charge in [-0.25, -0.2) is 13.1 Å². The quantitative estimate of drug-likeness (QED) is 0.859. The largest absolute Gasteiger partial charge is 0.212 e. The fourth-order valence-electron chi connectivity index (χ4n) is 1.96. The molecule has 0 aromatic heterocycles. The molecule has 1 aliphatic rings. The molecule has 0 saturated carbocycles. The standard InChI is InChI=1S/C12H17NO2S/c1-9(2)10-3-5-11(6-4-10)12-7-8-16(14,15)13-12/h3-6,9,12-13H,7-8H2,1-2H3. The van der Waals surface area contributed by atoms with E-state index >= 15 is 0 Å². The van der Waals surface area contributed by atoms with Crippen LogP contribution in [0.25, 0.3) is 0 Å². The zero-order valence-electron chi connectivity index (χ0n) is 9.60. The summed E-state index contributed by atoms with van der Waals surface area (Å²) < 4.78 is 25.2. The smallest absolute Gasteiger partial charge is 0.212 e. The number of rotatable bonds is 2. The molecule has 1 saturated heterocycles. The van der Waals surface area contributed by atoms with Gasteiger partial charge in [0.2, 0.25) is 10.0 Å². The minimum Gasteiger partial charge on any atom is -0.212 e. The predicted octanol–water partition coefficient (Wildman–Crippen LogP) is 2.17. The molecule has 0 amide bonds. The minimum atomic E-state index is -3.02. The van der Waals surface area contributed by atoms with Crippen LogP contribution < -0.4 is 4.72 Å². The van der Waals surface area contributed by atoms with Crippen molar-refractivity contribution in [2.24, 2.45) is 0 Å². The summed E-state index contributed by atoms with van der Waals surface area (Å²) in [6.45, 7) is 4.29. The van der Waals surface area contributed by atoms with Crippen molar-refractivity contribution in [1.82, 2.24) is 4.72 Å². The molecule has 16 heavy (non-hydrogen) atoms. The molecule has 3 nitrogen and oxygen atoms in total. The molecule has 1 aromatic rings. The van der Waals surface area contributed by atoms with Gasteiger partial charge in [0.05, 0.1) is 5.75 Å². The average molecular weight is 239 g/mol. The number of benzene rings is 1. The van der Waals surface area contributed by atoms with Crippen LogP contribution in [0.15, 0.2) is 24.3 Å². The third kappa shape index (κ3) is 2.44. The van der Waals surface area contributed by atoms with Crippen LogP contribution in [-0.2, 0) is 10.0 Å². The SMILES string of the molecule is CC(C)c1ccc(C2CCS(=O)(=O)N2)cc1. The Bertz CT molecular complexity index is 462. The molecule has 0 radical (unpaired) electrons. The zero-order chi connectivity index (χ0) is 11.8. The molecular formula is C12H17NO2S. The molecule has 1 heterocycles. The van der Waals surface area contributed by atoms with Gasteiger partial charge in [0.25, 0.3) is 0 Å². The molecule has 1 atom stereocenters. The topological polar surface area (TPSA) is 46.2 Å². The van der Waals surface area contributed by atoms with E-state index in [9.17, 15) is 8.42 Å². The van der Waals surface area contributed by atoms with Crippen molar-refractivity contribution < 1.29 is 8.42 Å². The molecule has 0 aliphatic carbocycles. The molecule has 0 spiro atoms. The summed E-state index contributed by atoms with van der Waals surface area (Å²) in [5.41, 5.74) is 2.34. The molecule has 1 unspecified atom stereocenters. The molecule has 1 aliphatic heterocycles. The Balaban J connectivity index is 2.17. The van der Waals surface area contributed by atoms with Crippen LogP contribution in [0.2, 0.25) is 0 Å².